The summed E-state index contributed by atoms with van der Waals surface area (Å²) >= 11 is 0. The molecule has 0 saturated carbocycles. The zero-order chi connectivity index (χ0) is 15.1. The van der Waals surface area contributed by atoms with Crippen molar-refractivity contribution in [1.29, 1.82) is 0 Å². The minimum Gasteiger partial charge on any atom is -0.476 e. The van der Waals surface area contributed by atoms with E-state index in [2.05, 4.69) is 4.98 Å². The van der Waals surface area contributed by atoms with E-state index in [4.69, 9.17) is 10.5 Å². The van der Waals surface area contributed by atoms with Crippen LogP contribution in [0, 0.1) is 0 Å². The number of likely N-dealkylation sites (N-methyl/N-ethyl adjacent to an activating group) is 2. The van der Waals surface area contributed by atoms with Gasteiger partial charge in [-0.25, -0.2) is 0 Å². The first kappa shape index (κ1) is 16.1. The summed E-state index contributed by atoms with van der Waals surface area (Å²) < 4.78 is 5.52. The summed E-state index contributed by atoms with van der Waals surface area (Å²) in [6, 6.07) is 3.57. The second kappa shape index (κ2) is 7.57. The second-order valence-corrected chi connectivity index (χ2v) is 4.71. The molecule has 0 aromatic carbocycles. The van der Waals surface area contributed by atoms with Gasteiger partial charge in [0.15, 0.2) is 0 Å². The van der Waals surface area contributed by atoms with E-state index >= 15 is 0 Å². The van der Waals surface area contributed by atoms with Crippen molar-refractivity contribution in [1.82, 2.24) is 9.88 Å². The molecular weight excluding hydrogens is 256 g/mol. The number of nitrogen functional groups attached to an aromatic ring is 1. The fourth-order valence-corrected chi connectivity index (χ4v) is 1.59. The molecule has 0 unspecified atom stereocenters. The van der Waals surface area contributed by atoms with Crippen LogP contribution in [0.1, 0.15) is 20.3 Å². The van der Waals surface area contributed by atoms with Crippen molar-refractivity contribution in [3.8, 4) is 5.88 Å². The summed E-state index contributed by atoms with van der Waals surface area (Å²) in [7, 11) is 3.48. The van der Waals surface area contributed by atoms with Crippen molar-refractivity contribution in [2.24, 2.45) is 0 Å². The molecule has 2 N–H and O–H groups in total. The van der Waals surface area contributed by atoms with Crippen LogP contribution in [0.2, 0.25) is 0 Å². The number of rotatable bonds is 7. The first-order valence-corrected chi connectivity index (χ1v) is 6.84. The maximum absolute atomic E-state index is 11.8. The molecule has 1 rings (SSSR count). The highest BCUT2D eigenvalue weighted by atomic mass is 16.5. The quantitative estimate of drug-likeness (QED) is 0.816. The van der Waals surface area contributed by atoms with Gasteiger partial charge in [0, 0.05) is 20.6 Å². The maximum Gasteiger partial charge on any atom is 0.241 e. The number of amides is 1. The number of carbonyl (C=O) groups excluding carboxylic acids is 1. The van der Waals surface area contributed by atoms with Crippen LogP contribution in [0.4, 0.5) is 11.5 Å². The Morgan fingerprint density at radius 1 is 1.35 bits per heavy atom. The Morgan fingerprint density at radius 2 is 2.05 bits per heavy atom. The molecule has 1 aromatic rings. The lowest BCUT2D eigenvalue weighted by Crippen LogP contribution is -2.37. The van der Waals surface area contributed by atoms with Gasteiger partial charge in [-0.2, -0.15) is 4.98 Å². The van der Waals surface area contributed by atoms with Gasteiger partial charge in [0.1, 0.15) is 5.82 Å². The van der Waals surface area contributed by atoms with Crippen molar-refractivity contribution in [3.05, 3.63) is 12.1 Å². The number of ether oxygens (including phenoxy) is 1. The van der Waals surface area contributed by atoms with Gasteiger partial charge in [-0.1, -0.05) is 6.92 Å². The number of aromatic nitrogens is 1. The molecule has 0 spiro atoms. The Morgan fingerprint density at radius 3 is 2.60 bits per heavy atom. The Kier molecular flexibility index (Phi) is 6.09. The second-order valence-electron chi connectivity index (χ2n) is 4.71. The van der Waals surface area contributed by atoms with Crippen LogP contribution in [0.15, 0.2) is 12.1 Å². The Bertz CT molecular complexity index is 449. The van der Waals surface area contributed by atoms with Gasteiger partial charge < -0.3 is 20.3 Å². The zero-order valence-corrected chi connectivity index (χ0v) is 12.7. The lowest BCUT2D eigenvalue weighted by molar-refractivity contribution is -0.127. The van der Waals surface area contributed by atoms with E-state index in [1.165, 1.54) is 0 Å². The van der Waals surface area contributed by atoms with Crippen LogP contribution >= 0.6 is 0 Å². The van der Waals surface area contributed by atoms with Crippen molar-refractivity contribution in [2.45, 2.75) is 20.3 Å². The Labute approximate surface area is 120 Å². The Balaban J connectivity index is 2.89. The van der Waals surface area contributed by atoms with Crippen molar-refractivity contribution in [3.63, 3.8) is 0 Å². The molecule has 1 heterocycles. The summed E-state index contributed by atoms with van der Waals surface area (Å²) in [5, 5.41) is 0. The van der Waals surface area contributed by atoms with Gasteiger partial charge in [-0.05, 0) is 25.5 Å². The van der Waals surface area contributed by atoms with E-state index in [9.17, 15) is 4.79 Å². The van der Waals surface area contributed by atoms with Crippen LogP contribution in [0.25, 0.3) is 0 Å². The highest BCUT2D eigenvalue weighted by Crippen LogP contribution is 2.23. The van der Waals surface area contributed by atoms with E-state index in [-0.39, 0.29) is 12.5 Å². The van der Waals surface area contributed by atoms with E-state index < -0.39 is 0 Å². The van der Waals surface area contributed by atoms with Crippen LogP contribution in [-0.2, 0) is 4.79 Å². The normalized spacial score (nSPS) is 10.2. The first-order valence-electron chi connectivity index (χ1n) is 6.84. The van der Waals surface area contributed by atoms with Crippen molar-refractivity contribution < 1.29 is 9.53 Å². The van der Waals surface area contributed by atoms with Gasteiger partial charge in [-0.3, -0.25) is 4.79 Å². The standard InChI is InChI=1S/C14H24N4O2/c1-5-9-20-14-11(15)7-8-12(16-14)18(6-2)10-13(19)17(3)4/h7-8H,5-6,9-10,15H2,1-4H3. The third-order valence-corrected chi connectivity index (χ3v) is 2.85. The number of nitrogens with two attached hydrogens (primary N) is 1. The summed E-state index contributed by atoms with van der Waals surface area (Å²) in [4.78, 5) is 19.7. The third-order valence-electron chi connectivity index (χ3n) is 2.85. The monoisotopic (exact) mass is 280 g/mol. The molecule has 0 aliphatic carbocycles. The fourth-order valence-electron chi connectivity index (χ4n) is 1.59. The van der Waals surface area contributed by atoms with Gasteiger partial charge in [0.25, 0.3) is 0 Å². The lowest BCUT2D eigenvalue weighted by atomic mass is 10.3. The molecule has 0 saturated heterocycles. The number of carbonyl (C=O) groups is 1. The predicted molar refractivity (Wildman–Crippen MR) is 81.0 cm³/mol. The minimum atomic E-state index is 0.0292. The molecule has 1 aromatic heterocycles. The number of hydrogen-bond donors (Lipinski definition) is 1. The molecule has 0 radical (unpaired) electrons. The van der Waals surface area contributed by atoms with Gasteiger partial charge in [-0.15, -0.1) is 0 Å². The Hall–Kier alpha value is -1.98. The highest BCUT2D eigenvalue weighted by molar-refractivity contribution is 5.80. The molecule has 6 heteroatoms. The molecule has 0 aliphatic rings. The van der Waals surface area contributed by atoms with Crippen LogP contribution in [0.3, 0.4) is 0 Å². The number of anilines is 2. The first-order chi connectivity index (χ1) is 9.49. The largest absolute Gasteiger partial charge is 0.476 e. The molecule has 0 bridgehead atoms. The molecule has 1 amide bonds. The van der Waals surface area contributed by atoms with Crippen LogP contribution in [0.5, 0.6) is 5.88 Å². The summed E-state index contributed by atoms with van der Waals surface area (Å²) in [6.45, 7) is 5.54. The molecule has 20 heavy (non-hydrogen) atoms. The topological polar surface area (TPSA) is 71.7 Å². The lowest BCUT2D eigenvalue weighted by Gasteiger charge is -2.23. The maximum atomic E-state index is 11.8. The van der Waals surface area contributed by atoms with Crippen LogP contribution < -0.4 is 15.4 Å². The minimum absolute atomic E-state index is 0.0292. The summed E-state index contributed by atoms with van der Waals surface area (Å²) in [5.41, 5.74) is 6.35. The van der Waals surface area contributed by atoms with E-state index in [0.717, 1.165) is 6.42 Å². The molecule has 0 atom stereocenters. The average Bonchev–Trinajstić information content (AvgIpc) is 2.43. The number of nitrogens with zero attached hydrogens (tertiary/aromatic N) is 3. The summed E-state index contributed by atoms with van der Waals surface area (Å²) in [5.74, 6) is 1.16. The smallest absolute Gasteiger partial charge is 0.241 e. The van der Waals surface area contributed by atoms with Gasteiger partial charge in [0.2, 0.25) is 11.8 Å². The van der Waals surface area contributed by atoms with Gasteiger partial charge in [0.05, 0.1) is 18.8 Å². The average molecular weight is 280 g/mol. The number of hydrogen-bond acceptors (Lipinski definition) is 5. The van der Waals surface area contributed by atoms with Crippen molar-refractivity contribution >= 4 is 17.4 Å². The molecule has 6 nitrogen and oxygen atoms in total. The SMILES string of the molecule is CCCOc1nc(N(CC)CC(=O)N(C)C)ccc1N. The van der Waals surface area contributed by atoms with E-state index in [1.807, 2.05) is 18.7 Å². The summed E-state index contributed by atoms with van der Waals surface area (Å²) in [6.07, 6.45) is 0.891. The fraction of sp³-hybridized carbons (Fsp3) is 0.571. The molecule has 0 aliphatic heterocycles. The van der Waals surface area contributed by atoms with E-state index in [0.29, 0.717) is 30.5 Å². The van der Waals surface area contributed by atoms with Crippen molar-refractivity contribution in [2.75, 3.05) is 44.4 Å². The highest BCUT2D eigenvalue weighted by Gasteiger charge is 2.14. The van der Waals surface area contributed by atoms with Gasteiger partial charge >= 0.3 is 0 Å². The number of pyridine rings is 1. The third kappa shape index (κ3) is 4.29. The van der Waals surface area contributed by atoms with E-state index in [1.54, 1.807) is 31.1 Å². The molecule has 112 valence electrons. The molecule has 0 fully saturated rings. The predicted octanol–water partition coefficient (Wildman–Crippen LogP) is 1.37. The molecular formula is C14H24N4O2. The zero-order valence-electron chi connectivity index (χ0n) is 12.7. The van der Waals surface area contributed by atoms with Crippen LogP contribution in [-0.4, -0.2) is 49.6 Å².